The maximum Gasteiger partial charge on any atom is 0.204 e. The molecule has 3 rings (SSSR count). The first-order valence-electron chi connectivity index (χ1n) is 13.4. The molecule has 1 aromatic rings. The second kappa shape index (κ2) is 13.4. The number of ether oxygens (including phenoxy) is 2. The largest absolute Gasteiger partial charge is 0.490 e. The molecular formula is C28H44F2O2. The van der Waals surface area contributed by atoms with Crippen LogP contribution < -0.4 is 9.47 Å². The molecule has 2 saturated carbocycles. The Labute approximate surface area is 194 Å². The van der Waals surface area contributed by atoms with Gasteiger partial charge >= 0.3 is 0 Å². The third-order valence-corrected chi connectivity index (χ3v) is 7.91. The fourth-order valence-corrected chi connectivity index (χ4v) is 5.73. The highest BCUT2D eigenvalue weighted by Crippen LogP contribution is 2.42. The zero-order chi connectivity index (χ0) is 22.8. The topological polar surface area (TPSA) is 18.5 Å². The van der Waals surface area contributed by atoms with E-state index in [9.17, 15) is 8.78 Å². The minimum Gasteiger partial charge on any atom is -0.490 e. The Morgan fingerprint density at radius 1 is 0.688 bits per heavy atom. The zero-order valence-corrected chi connectivity index (χ0v) is 20.4. The third kappa shape index (κ3) is 7.35. The summed E-state index contributed by atoms with van der Waals surface area (Å²) in [4.78, 5) is 0. The van der Waals surface area contributed by atoms with Crippen molar-refractivity contribution >= 4 is 0 Å². The van der Waals surface area contributed by atoms with Crippen molar-refractivity contribution < 1.29 is 18.3 Å². The Kier molecular flexibility index (Phi) is 10.6. The first-order valence-corrected chi connectivity index (χ1v) is 13.4. The summed E-state index contributed by atoms with van der Waals surface area (Å²) in [5.74, 6) is 1.30. The molecule has 1 aromatic carbocycles. The molecule has 0 atom stereocenters. The molecule has 0 N–H and O–H groups in total. The molecule has 2 fully saturated rings. The normalized spacial score (nSPS) is 26.1. The molecule has 2 aliphatic carbocycles. The molecule has 0 bridgehead atoms. The van der Waals surface area contributed by atoms with Gasteiger partial charge in [-0.3, -0.25) is 0 Å². The summed E-state index contributed by atoms with van der Waals surface area (Å²) in [6.45, 7) is 5.19. The molecule has 0 spiro atoms. The van der Waals surface area contributed by atoms with Crippen molar-refractivity contribution in [3.63, 3.8) is 0 Å². The minimum atomic E-state index is -0.937. The molecule has 32 heavy (non-hydrogen) atoms. The van der Waals surface area contributed by atoms with Crippen LogP contribution in [0.4, 0.5) is 8.78 Å². The summed E-state index contributed by atoms with van der Waals surface area (Å²) in [5, 5.41) is 0. The fourth-order valence-electron chi connectivity index (χ4n) is 5.73. The molecular weight excluding hydrogens is 406 g/mol. The number of hydrogen-bond acceptors (Lipinski definition) is 2. The second-order valence-corrected chi connectivity index (χ2v) is 10.3. The van der Waals surface area contributed by atoms with Gasteiger partial charge in [0.1, 0.15) is 0 Å². The van der Waals surface area contributed by atoms with Crippen LogP contribution in [-0.2, 0) is 0 Å². The molecule has 0 radical (unpaired) electrons. The molecule has 4 heteroatoms. The number of unbranched alkanes of at least 4 members (excludes halogenated alkanes) is 3. The molecule has 0 aromatic heterocycles. The summed E-state index contributed by atoms with van der Waals surface area (Å²) in [5.41, 5.74) is 0. The number of halogens is 2. The van der Waals surface area contributed by atoms with Crippen LogP contribution in [0, 0.1) is 35.3 Å². The van der Waals surface area contributed by atoms with Crippen LogP contribution in [0.15, 0.2) is 12.1 Å². The van der Waals surface area contributed by atoms with E-state index >= 15 is 0 Å². The van der Waals surface area contributed by atoms with E-state index in [1.54, 1.807) is 0 Å². The summed E-state index contributed by atoms with van der Waals surface area (Å²) in [7, 11) is 0. The highest BCUT2D eigenvalue weighted by molar-refractivity contribution is 5.35. The molecule has 0 heterocycles. The van der Waals surface area contributed by atoms with Gasteiger partial charge in [0.2, 0.25) is 11.6 Å². The van der Waals surface area contributed by atoms with E-state index in [1.165, 1.54) is 76.3 Å². The molecule has 0 saturated heterocycles. The van der Waals surface area contributed by atoms with Crippen LogP contribution in [0.1, 0.15) is 104 Å². The highest BCUT2D eigenvalue weighted by atomic mass is 19.2. The summed E-state index contributed by atoms with van der Waals surface area (Å²) < 4.78 is 39.7. The van der Waals surface area contributed by atoms with Crippen molar-refractivity contribution in [1.82, 2.24) is 0 Å². The summed E-state index contributed by atoms with van der Waals surface area (Å²) in [6.07, 6.45) is 17.8. The van der Waals surface area contributed by atoms with E-state index in [2.05, 4.69) is 6.92 Å². The van der Waals surface area contributed by atoms with Crippen LogP contribution >= 0.6 is 0 Å². The second-order valence-electron chi connectivity index (χ2n) is 10.3. The zero-order valence-electron chi connectivity index (χ0n) is 20.4. The molecule has 182 valence electrons. The van der Waals surface area contributed by atoms with Gasteiger partial charge in [-0.05, 0) is 80.8 Å². The molecule has 0 amide bonds. The summed E-state index contributed by atoms with van der Waals surface area (Å²) >= 11 is 0. The standard InChI is InChI=1S/C28H44F2O2/c1-3-5-7-8-21-9-13-23(14-10-21)24-15-11-22(12-16-24)20-32-26-18-17-25(27(29)28(26)30)31-19-6-4-2/h17-18,21-24H,3-16,19-20H2,1-2H3/t21-,22?,23-,24?. The van der Waals surface area contributed by atoms with Gasteiger partial charge in [0.25, 0.3) is 0 Å². The Morgan fingerprint density at radius 2 is 1.22 bits per heavy atom. The monoisotopic (exact) mass is 450 g/mol. The van der Waals surface area contributed by atoms with Crippen molar-refractivity contribution in [2.45, 2.75) is 104 Å². The third-order valence-electron chi connectivity index (χ3n) is 7.91. The van der Waals surface area contributed by atoms with Crippen molar-refractivity contribution in [2.24, 2.45) is 23.7 Å². The lowest BCUT2D eigenvalue weighted by Crippen LogP contribution is -2.27. The van der Waals surface area contributed by atoms with Gasteiger partial charge < -0.3 is 9.47 Å². The van der Waals surface area contributed by atoms with E-state index in [0.717, 1.165) is 43.4 Å². The van der Waals surface area contributed by atoms with Crippen molar-refractivity contribution in [2.75, 3.05) is 13.2 Å². The predicted molar refractivity (Wildman–Crippen MR) is 127 cm³/mol. The van der Waals surface area contributed by atoms with Crippen LogP contribution in [0.3, 0.4) is 0 Å². The molecule has 0 unspecified atom stereocenters. The lowest BCUT2D eigenvalue weighted by Gasteiger charge is -2.38. The fraction of sp³-hybridized carbons (Fsp3) is 0.786. The Bertz CT molecular complexity index is 662. The van der Waals surface area contributed by atoms with Gasteiger partial charge in [0.05, 0.1) is 13.2 Å². The van der Waals surface area contributed by atoms with E-state index in [-0.39, 0.29) is 11.5 Å². The van der Waals surface area contributed by atoms with Crippen LogP contribution in [0.25, 0.3) is 0 Å². The first-order chi connectivity index (χ1) is 15.6. The Hall–Kier alpha value is -1.32. The Balaban J connectivity index is 1.37. The first kappa shape index (κ1) is 25.3. The maximum absolute atomic E-state index is 14.4. The van der Waals surface area contributed by atoms with Gasteiger partial charge in [-0.1, -0.05) is 58.8 Å². The lowest BCUT2D eigenvalue weighted by atomic mass is 9.69. The highest BCUT2D eigenvalue weighted by Gasteiger charge is 2.31. The van der Waals surface area contributed by atoms with E-state index in [1.807, 2.05) is 6.92 Å². The van der Waals surface area contributed by atoms with E-state index < -0.39 is 11.6 Å². The van der Waals surface area contributed by atoms with E-state index in [4.69, 9.17) is 9.47 Å². The quantitative estimate of drug-likeness (QED) is 0.296. The Morgan fingerprint density at radius 3 is 1.78 bits per heavy atom. The summed E-state index contributed by atoms with van der Waals surface area (Å²) in [6, 6.07) is 2.99. The molecule has 2 nitrogen and oxygen atoms in total. The van der Waals surface area contributed by atoms with Gasteiger partial charge in [-0.2, -0.15) is 8.78 Å². The molecule has 0 aliphatic heterocycles. The van der Waals surface area contributed by atoms with Gasteiger partial charge in [-0.15, -0.1) is 0 Å². The predicted octanol–water partition coefficient (Wildman–Crippen LogP) is 8.72. The smallest absolute Gasteiger partial charge is 0.204 e. The van der Waals surface area contributed by atoms with Crippen molar-refractivity contribution in [3.05, 3.63) is 23.8 Å². The van der Waals surface area contributed by atoms with Gasteiger partial charge in [-0.25, -0.2) is 0 Å². The average molecular weight is 451 g/mol. The number of benzene rings is 1. The van der Waals surface area contributed by atoms with Crippen LogP contribution in [0.2, 0.25) is 0 Å². The van der Waals surface area contributed by atoms with Gasteiger partial charge in [0.15, 0.2) is 11.5 Å². The average Bonchev–Trinajstić information content (AvgIpc) is 2.82. The number of rotatable bonds is 12. The lowest BCUT2D eigenvalue weighted by molar-refractivity contribution is 0.120. The SMILES string of the molecule is CCCCC[C@H]1CC[C@H](C2CCC(COc3ccc(OCCCC)c(F)c3F)CC2)CC1. The maximum atomic E-state index is 14.4. The van der Waals surface area contributed by atoms with Crippen molar-refractivity contribution in [1.29, 1.82) is 0 Å². The minimum absolute atomic E-state index is 0.00820. The van der Waals surface area contributed by atoms with E-state index in [0.29, 0.717) is 19.1 Å². The van der Waals surface area contributed by atoms with Gasteiger partial charge in [0, 0.05) is 0 Å². The van der Waals surface area contributed by atoms with Crippen molar-refractivity contribution in [3.8, 4) is 11.5 Å². The number of hydrogen-bond donors (Lipinski definition) is 0. The molecule has 2 aliphatic rings. The van der Waals surface area contributed by atoms with Crippen LogP contribution in [-0.4, -0.2) is 13.2 Å². The van der Waals surface area contributed by atoms with Crippen LogP contribution in [0.5, 0.6) is 11.5 Å².